The van der Waals surface area contributed by atoms with Gasteiger partial charge in [0.1, 0.15) is 5.54 Å². The van der Waals surface area contributed by atoms with Crippen LogP contribution in [0.5, 0.6) is 0 Å². The molecule has 2 unspecified atom stereocenters. The molecular formula is C15H23N3O2S. The summed E-state index contributed by atoms with van der Waals surface area (Å²) in [6, 6.07) is 2.25. The summed E-state index contributed by atoms with van der Waals surface area (Å²) in [4.78, 5) is 20.7. The van der Waals surface area contributed by atoms with Gasteiger partial charge in [0.25, 0.3) is 0 Å². The number of carbonyl (C=O) groups excluding carboxylic acids is 1. The van der Waals surface area contributed by atoms with Crippen LogP contribution < -0.4 is 5.32 Å². The number of carbonyl (C=O) groups is 1. The molecule has 0 aromatic carbocycles. The molecule has 116 valence electrons. The van der Waals surface area contributed by atoms with E-state index in [9.17, 15) is 4.79 Å². The second kappa shape index (κ2) is 7.22. The molecule has 0 radical (unpaired) electrons. The minimum atomic E-state index is -0.641. The van der Waals surface area contributed by atoms with Crippen molar-refractivity contribution in [1.29, 1.82) is 0 Å². The molecule has 1 saturated carbocycles. The van der Waals surface area contributed by atoms with Crippen molar-refractivity contribution in [3.05, 3.63) is 18.5 Å². The van der Waals surface area contributed by atoms with Crippen LogP contribution in [0.2, 0.25) is 0 Å². The van der Waals surface area contributed by atoms with Gasteiger partial charge in [-0.15, -0.1) is 0 Å². The third-order valence-corrected chi connectivity index (χ3v) is 4.36. The zero-order valence-corrected chi connectivity index (χ0v) is 13.7. The molecule has 6 heteroatoms. The quantitative estimate of drug-likeness (QED) is 0.452. The van der Waals surface area contributed by atoms with Crippen LogP contribution in [0.3, 0.4) is 0 Å². The monoisotopic (exact) mass is 309 g/mol. The van der Waals surface area contributed by atoms with Crippen molar-refractivity contribution in [2.24, 2.45) is 0 Å². The normalized spacial score (nSPS) is 18.8. The highest BCUT2D eigenvalue weighted by Crippen LogP contribution is 2.30. The number of hydrogen-bond donors (Lipinski definition) is 1. The highest BCUT2D eigenvalue weighted by Gasteiger charge is 2.40. The van der Waals surface area contributed by atoms with Gasteiger partial charge in [0, 0.05) is 23.7 Å². The van der Waals surface area contributed by atoms with E-state index in [1.54, 1.807) is 30.2 Å². The largest absolute Gasteiger partial charge is 0.465 e. The topological polar surface area (TPSA) is 64.1 Å². The van der Waals surface area contributed by atoms with E-state index in [2.05, 4.69) is 22.2 Å². The molecule has 2 atom stereocenters. The summed E-state index contributed by atoms with van der Waals surface area (Å²) in [6.45, 7) is 6.27. The lowest BCUT2D eigenvalue weighted by atomic mass is 9.95. The van der Waals surface area contributed by atoms with Gasteiger partial charge in [-0.1, -0.05) is 18.7 Å². The number of rotatable bonds is 8. The SMILES string of the molecule is CCOC(=O)C(C)(CC(C)Sc1ncccn1)NC1CC1. The van der Waals surface area contributed by atoms with Crippen molar-refractivity contribution >= 4 is 17.7 Å². The summed E-state index contributed by atoms with van der Waals surface area (Å²) >= 11 is 1.58. The van der Waals surface area contributed by atoms with Crippen LogP contribution in [0.25, 0.3) is 0 Å². The molecule has 0 aliphatic heterocycles. The van der Waals surface area contributed by atoms with Gasteiger partial charge in [-0.3, -0.25) is 10.1 Å². The Morgan fingerprint density at radius 1 is 1.52 bits per heavy atom. The Hall–Kier alpha value is -1.14. The maximum atomic E-state index is 12.3. The van der Waals surface area contributed by atoms with Crippen LogP contribution in [0.4, 0.5) is 0 Å². The first-order valence-electron chi connectivity index (χ1n) is 7.42. The third kappa shape index (κ3) is 4.97. The smallest absolute Gasteiger partial charge is 0.326 e. The second-order valence-corrected chi connectivity index (χ2v) is 7.04. The Bertz CT molecular complexity index is 467. The van der Waals surface area contributed by atoms with Gasteiger partial charge in [0.2, 0.25) is 0 Å². The Balaban J connectivity index is 1.98. The number of hydrogen-bond acceptors (Lipinski definition) is 6. The van der Waals surface area contributed by atoms with Gasteiger partial charge in [0.05, 0.1) is 6.61 Å². The summed E-state index contributed by atoms with van der Waals surface area (Å²) in [7, 11) is 0. The Labute approximate surface area is 130 Å². The maximum absolute atomic E-state index is 12.3. The Morgan fingerprint density at radius 3 is 2.76 bits per heavy atom. The lowest BCUT2D eigenvalue weighted by molar-refractivity contribution is -0.150. The molecular weight excluding hydrogens is 286 g/mol. The highest BCUT2D eigenvalue weighted by atomic mass is 32.2. The molecule has 1 fully saturated rings. The van der Waals surface area contributed by atoms with Crippen LogP contribution in [-0.2, 0) is 9.53 Å². The van der Waals surface area contributed by atoms with Crippen LogP contribution >= 0.6 is 11.8 Å². The summed E-state index contributed by atoms with van der Waals surface area (Å²) in [5, 5.41) is 4.39. The third-order valence-electron chi connectivity index (χ3n) is 3.37. The number of ether oxygens (including phenoxy) is 1. The molecule has 1 aliphatic rings. The average molecular weight is 309 g/mol. The average Bonchev–Trinajstić information content (AvgIpc) is 3.23. The first-order chi connectivity index (χ1) is 10.0. The van der Waals surface area contributed by atoms with Crippen LogP contribution in [0.1, 0.15) is 40.0 Å². The van der Waals surface area contributed by atoms with Gasteiger partial charge in [-0.2, -0.15) is 0 Å². The van der Waals surface area contributed by atoms with Crippen molar-refractivity contribution < 1.29 is 9.53 Å². The van der Waals surface area contributed by atoms with Crippen LogP contribution in [0.15, 0.2) is 23.6 Å². The van der Waals surface area contributed by atoms with Crippen LogP contribution in [0, 0.1) is 0 Å². The predicted octanol–water partition coefficient (Wildman–Crippen LogP) is 2.42. The number of esters is 1. The van der Waals surface area contributed by atoms with Crippen molar-refractivity contribution in [1.82, 2.24) is 15.3 Å². The van der Waals surface area contributed by atoms with E-state index in [-0.39, 0.29) is 11.2 Å². The summed E-state index contributed by atoms with van der Waals surface area (Å²) in [5.74, 6) is -0.168. The fourth-order valence-corrected chi connectivity index (χ4v) is 3.33. The van der Waals surface area contributed by atoms with Gasteiger partial charge >= 0.3 is 5.97 Å². The molecule has 21 heavy (non-hydrogen) atoms. The lowest BCUT2D eigenvalue weighted by Crippen LogP contribution is -2.52. The molecule has 1 heterocycles. The van der Waals surface area contributed by atoms with E-state index >= 15 is 0 Å². The summed E-state index contributed by atoms with van der Waals surface area (Å²) < 4.78 is 5.24. The van der Waals surface area contributed by atoms with Crippen molar-refractivity contribution in [3.63, 3.8) is 0 Å². The van der Waals surface area contributed by atoms with E-state index in [0.29, 0.717) is 19.1 Å². The van der Waals surface area contributed by atoms with E-state index in [1.165, 1.54) is 0 Å². The van der Waals surface area contributed by atoms with Gasteiger partial charge in [-0.05, 0) is 39.2 Å². The highest BCUT2D eigenvalue weighted by molar-refractivity contribution is 7.99. The molecule has 1 aliphatic carbocycles. The molecule has 1 aromatic rings. The van der Waals surface area contributed by atoms with Crippen LogP contribution in [-0.4, -0.2) is 39.4 Å². The molecule has 0 saturated heterocycles. The van der Waals surface area contributed by atoms with Gasteiger partial charge in [-0.25, -0.2) is 9.97 Å². The maximum Gasteiger partial charge on any atom is 0.326 e. The molecule has 5 nitrogen and oxygen atoms in total. The van der Waals surface area contributed by atoms with Gasteiger partial charge in [0.15, 0.2) is 5.16 Å². The molecule has 0 spiro atoms. The molecule has 0 amide bonds. The van der Waals surface area contributed by atoms with Crippen molar-refractivity contribution in [3.8, 4) is 0 Å². The zero-order chi connectivity index (χ0) is 15.3. The van der Waals surface area contributed by atoms with Gasteiger partial charge < -0.3 is 4.74 Å². The fraction of sp³-hybridized carbons (Fsp3) is 0.667. The van der Waals surface area contributed by atoms with E-state index in [0.717, 1.165) is 18.0 Å². The first-order valence-corrected chi connectivity index (χ1v) is 8.30. The second-order valence-electron chi connectivity index (χ2n) is 5.64. The van der Waals surface area contributed by atoms with Crippen molar-refractivity contribution in [2.75, 3.05) is 6.61 Å². The van der Waals surface area contributed by atoms with E-state index in [1.807, 2.05) is 13.8 Å². The fourth-order valence-electron chi connectivity index (χ4n) is 2.31. The number of nitrogens with one attached hydrogen (secondary N) is 1. The molecule has 1 N–H and O–H groups in total. The number of nitrogens with zero attached hydrogens (tertiary/aromatic N) is 2. The van der Waals surface area contributed by atoms with E-state index in [4.69, 9.17) is 4.74 Å². The Kier molecular flexibility index (Phi) is 5.58. The Morgan fingerprint density at radius 2 is 2.19 bits per heavy atom. The zero-order valence-electron chi connectivity index (χ0n) is 12.8. The predicted molar refractivity (Wildman–Crippen MR) is 83.2 cm³/mol. The summed E-state index contributed by atoms with van der Waals surface area (Å²) in [6.07, 6.45) is 6.42. The first kappa shape index (κ1) is 16.2. The van der Waals surface area contributed by atoms with Crippen molar-refractivity contribution in [2.45, 2.75) is 62.0 Å². The van der Waals surface area contributed by atoms with E-state index < -0.39 is 5.54 Å². The minimum Gasteiger partial charge on any atom is -0.465 e. The lowest BCUT2D eigenvalue weighted by Gasteiger charge is -2.30. The standard InChI is InChI=1S/C15H23N3O2S/c1-4-20-13(19)15(3,18-12-6-7-12)10-11(2)21-14-16-8-5-9-17-14/h5,8-9,11-12,18H,4,6-7,10H2,1-3H3. The number of aromatic nitrogens is 2. The molecule has 1 aromatic heterocycles. The minimum absolute atomic E-state index is 0.168. The summed E-state index contributed by atoms with van der Waals surface area (Å²) in [5.41, 5.74) is -0.641. The molecule has 2 rings (SSSR count). The molecule has 0 bridgehead atoms. The number of thioether (sulfide) groups is 1.